The van der Waals surface area contributed by atoms with E-state index in [0.717, 1.165) is 19.3 Å². The topological polar surface area (TPSA) is 92.4 Å². The van der Waals surface area contributed by atoms with Crippen LogP contribution in [0.3, 0.4) is 0 Å². The summed E-state index contributed by atoms with van der Waals surface area (Å²) in [6.45, 7) is 8.94. The first-order valence-electron chi connectivity index (χ1n) is 7.93. The molecular weight excluding hydrogens is 268 g/mol. The molecule has 21 heavy (non-hydrogen) atoms. The number of carbonyl (C=O) groups is 2. The lowest BCUT2D eigenvalue weighted by Crippen LogP contribution is -2.41. The van der Waals surface area contributed by atoms with Gasteiger partial charge in [-0.2, -0.15) is 0 Å². The van der Waals surface area contributed by atoms with Crippen LogP contribution < -0.4 is 11.1 Å². The van der Waals surface area contributed by atoms with Gasteiger partial charge in [0.2, 0.25) is 5.91 Å². The quantitative estimate of drug-likeness (QED) is 0.578. The molecule has 0 spiro atoms. The molecule has 0 saturated carbocycles. The highest BCUT2D eigenvalue weighted by molar-refractivity contribution is 5.81. The molecule has 0 aliphatic rings. The molecule has 0 fully saturated rings. The van der Waals surface area contributed by atoms with Gasteiger partial charge in [0.05, 0.1) is 6.04 Å². The number of unbranched alkanes of at least 4 members (excludes halogenated alkanes) is 1. The van der Waals surface area contributed by atoms with Gasteiger partial charge in [-0.05, 0) is 30.6 Å². The fourth-order valence-electron chi connectivity index (χ4n) is 2.36. The van der Waals surface area contributed by atoms with Gasteiger partial charge in [0.15, 0.2) is 0 Å². The van der Waals surface area contributed by atoms with Crippen LogP contribution in [0.1, 0.15) is 66.2 Å². The summed E-state index contributed by atoms with van der Waals surface area (Å²) in [7, 11) is 0. The number of rotatable bonds is 10. The number of hydrogen-bond donors (Lipinski definition) is 3. The van der Waals surface area contributed by atoms with Crippen LogP contribution in [0.5, 0.6) is 0 Å². The first-order chi connectivity index (χ1) is 9.68. The Kier molecular flexibility index (Phi) is 9.26. The molecule has 124 valence electrons. The zero-order valence-corrected chi connectivity index (χ0v) is 13.9. The maximum atomic E-state index is 11.8. The second kappa shape index (κ2) is 9.77. The summed E-state index contributed by atoms with van der Waals surface area (Å²) in [6.07, 6.45) is 4.29. The summed E-state index contributed by atoms with van der Waals surface area (Å²) in [4.78, 5) is 22.5. The second-order valence-corrected chi connectivity index (χ2v) is 6.82. The minimum atomic E-state index is -0.769. The van der Waals surface area contributed by atoms with Crippen molar-refractivity contribution in [1.82, 2.24) is 5.32 Å². The van der Waals surface area contributed by atoms with E-state index in [1.54, 1.807) is 0 Å². The van der Waals surface area contributed by atoms with Gasteiger partial charge in [0, 0.05) is 13.0 Å². The van der Waals surface area contributed by atoms with E-state index in [1.807, 2.05) is 0 Å². The van der Waals surface area contributed by atoms with Crippen LogP contribution in [0.25, 0.3) is 0 Å². The fourth-order valence-corrected chi connectivity index (χ4v) is 2.36. The third-order valence-electron chi connectivity index (χ3n) is 3.93. The normalized spacial score (nSPS) is 14.5. The zero-order chi connectivity index (χ0) is 16.5. The number of nitrogens with two attached hydrogens (primary N) is 1. The number of carboxylic acids is 1. The Balaban J connectivity index is 4.18. The van der Waals surface area contributed by atoms with E-state index in [0.29, 0.717) is 19.4 Å². The number of carboxylic acid groups (broad SMARTS) is 1. The predicted octanol–water partition coefficient (Wildman–Crippen LogP) is 2.54. The second-order valence-electron chi connectivity index (χ2n) is 6.82. The molecule has 4 N–H and O–H groups in total. The molecule has 0 heterocycles. The van der Waals surface area contributed by atoms with Crippen LogP contribution in [0.2, 0.25) is 0 Å². The molecule has 5 nitrogen and oxygen atoms in total. The lowest BCUT2D eigenvalue weighted by atomic mass is 9.76. The third kappa shape index (κ3) is 9.45. The third-order valence-corrected chi connectivity index (χ3v) is 3.93. The van der Waals surface area contributed by atoms with Crippen molar-refractivity contribution in [3.05, 3.63) is 0 Å². The highest BCUT2D eigenvalue weighted by Gasteiger charge is 2.25. The van der Waals surface area contributed by atoms with Gasteiger partial charge in [-0.25, -0.2) is 0 Å². The maximum Gasteiger partial charge on any atom is 0.303 e. The van der Waals surface area contributed by atoms with Gasteiger partial charge in [0.25, 0.3) is 0 Å². The molecule has 1 unspecified atom stereocenters. The number of hydrogen-bond acceptors (Lipinski definition) is 3. The van der Waals surface area contributed by atoms with Crippen LogP contribution in [0, 0.1) is 11.3 Å². The van der Waals surface area contributed by atoms with Crippen LogP contribution in [-0.4, -0.2) is 29.6 Å². The van der Waals surface area contributed by atoms with E-state index in [4.69, 9.17) is 10.8 Å². The minimum Gasteiger partial charge on any atom is -0.481 e. The SMILES string of the molecule is CCCC[C@H](N)C(=O)NCCC(CCC(=O)O)C(C)(C)C. The van der Waals surface area contributed by atoms with Gasteiger partial charge in [-0.3, -0.25) is 9.59 Å². The Hall–Kier alpha value is -1.10. The lowest BCUT2D eigenvalue weighted by molar-refractivity contribution is -0.137. The molecule has 2 atom stereocenters. The van der Waals surface area contributed by atoms with Crippen molar-refractivity contribution < 1.29 is 14.7 Å². The van der Waals surface area contributed by atoms with Crippen LogP contribution in [0.15, 0.2) is 0 Å². The van der Waals surface area contributed by atoms with Crippen molar-refractivity contribution in [1.29, 1.82) is 0 Å². The highest BCUT2D eigenvalue weighted by Crippen LogP contribution is 2.32. The van der Waals surface area contributed by atoms with E-state index >= 15 is 0 Å². The maximum absolute atomic E-state index is 11.8. The van der Waals surface area contributed by atoms with Crippen molar-refractivity contribution in [2.45, 2.75) is 72.3 Å². The van der Waals surface area contributed by atoms with E-state index in [9.17, 15) is 9.59 Å². The Morgan fingerprint density at radius 1 is 1.19 bits per heavy atom. The van der Waals surface area contributed by atoms with Gasteiger partial charge in [0.1, 0.15) is 0 Å². The summed E-state index contributed by atoms with van der Waals surface area (Å²) < 4.78 is 0. The molecular formula is C16H32N2O3. The van der Waals surface area contributed by atoms with Crippen LogP contribution >= 0.6 is 0 Å². The van der Waals surface area contributed by atoms with Gasteiger partial charge in [-0.1, -0.05) is 40.5 Å². The Labute approximate surface area is 128 Å². The molecule has 0 saturated heterocycles. The molecule has 0 aromatic rings. The van der Waals surface area contributed by atoms with Crippen molar-refractivity contribution in [2.75, 3.05) is 6.54 Å². The molecule has 0 bridgehead atoms. The largest absolute Gasteiger partial charge is 0.481 e. The van der Waals surface area contributed by atoms with Crippen molar-refractivity contribution in [3.8, 4) is 0 Å². The molecule has 1 amide bonds. The number of aliphatic carboxylic acids is 1. The molecule has 0 aliphatic carbocycles. The highest BCUT2D eigenvalue weighted by atomic mass is 16.4. The van der Waals surface area contributed by atoms with E-state index in [2.05, 4.69) is 33.0 Å². The summed E-state index contributed by atoms with van der Waals surface area (Å²) in [6, 6.07) is -0.433. The Bertz CT molecular complexity index is 324. The summed E-state index contributed by atoms with van der Waals surface area (Å²) in [5.41, 5.74) is 5.85. The van der Waals surface area contributed by atoms with Crippen LogP contribution in [0.4, 0.5) is 0 Å². The summed E-state index contributed by atoms with van der Waals surface area (Å²) >= 11 is 0. The average Bonchev–Trinajstić information content (AvgIpc) is 2.37. The minimum absolute atomic E-state index is 0.0322. The van der Waals surface area contributed by atoms with Crippen molar-refractivity contribution >= 4 is 11.9 Å². The van der Waals surface area contributed by atoms with Gasteiger partial charge in [-0.15, -0.1) is 0 Å². The Morgan fingerprint density at radius 3 is 2.29 bits per heavy atom. The molecule has 0 rings (SSSR count). The van der Waals surface area contributed by atoms with E-state index in [-0.39, 0.29) is 23.7 Å². The Morgan fingerprint density at radius 2 is 1.81 bits per heavy atom. The molecule has 0 aromatic carbocycles. The fraction of sp³-hybridized carbons (Fsp3) is 0.875. The summed E-state index contributed by atoms with van der Waals surface area (Å²) in [5.74, 6) is -0.606. The van der Waals surface area contributed by atoms with Crippen LogP contribution in [-0.2, 0) is 9.59 Å². The van der Waals surface area contributed by atoms with Crippen molar-refractivity contribution in [3.63, 3.8) is 0 Å². The number of carbonyl (C=O) groups excluding carboxylic acids is 1. The first kappa shape index (κ1) is 19.9. The first-order valence-corrected chi connectivity index (χ1v) is 7.93. The van der Waals surface area contributed by atoms with Gasteiger partial charge >= 0.3 is 5.97 Å². The standard InChI is InChI=1S/C16H32N2O3/c1-5-6-7-13(17)15(21)18-11-10-12(16(2,3)4)8-9-14(19)20/h12-13H,5-11,17H2,1-4H3,(H,18,21)(H,19,20)/t12?,13-/m0/s1. The molecule has 0 aromatic heterocycles. The van der Waals surface area contributed by atoms with E-state index < -0.39 is 12.0 Å². The number of nitrogens with one attached hydrogen (secondary N) is 1. The number of amides is 1. The predicted molar refractivity (Wildman–Crippen MR) is 84.9 cm³/mol. The monoisotopic (exact) mass is 300 g/mol. The van der Waals surface area contributed by atoms with E-state index in [1.165, 1.54) is 0 Å². The summed E-state index contributed by atoms with van der Waals surface area (Å²) in [5, 5.41) is 11.7. The average molecular weight is 300 g/mol. The lowest BCUT2D eigenvalue weighted by Gasteiger charge is -2.30. The van der Waals surface area contributed by atoms with Crippen molar-refractivity contribution in [2.24, 2.45) is 17.1 Å². The molecule has 0 radical (unpaired) electrons. The molecule has 0 aliphatic heterocycles. The smallest absolute Gasteiger partial charge is 0.303 e. The molecule has 5 heteroatoms. The van der Waals surface area contributed by atoms with Gasteiger partial charge < -0.3 is 16.2 Å². The zero-order valence-electron chi connectivity index (χ0n) is 13.9.